The van der Waals surface area contributed by atoms with Crippen LogP contribution in [0.2, 0.25) is 0 Å². The Morgan fingerprint density at radius 1 is 1.19 bits per heavy atom. The Balaban J connectivity index is 2.55. The average Bonchev–Trinajstić information content (AvgIpc) is 2.52. The van der Waals surface area contributed by atoms with E-state index < -0.39 is 0 Å². The summed E-state index contributed by atoms with van der Waals surface area (Å²) in [6.45, 7) is 1.29. The van der Waals surface area contributed by atoms with Crippen molar-refractivity contribution in [3.63, 3.8) is 0 Å². The number of amides is 1. The van der Waals surface area contributed by atoms with Crippen LogP contribution in [0.15, 0.2) is 30.3 Å². The quantitative estimate of drug-likeness (QED) is 0.438. The molecular weight excluding hydrogens is 270 g/mol. The molecule has 5 nitrogen and oxygen atoms in total. The van der Waals surface area contributed by atoms with Crippen LogP contribution in [0.25, 0.3) is 6.08 Å². The topological polar surface area (TPSA) is 55.8 Å². The molecule has 114 valence electrons. The van der Waals surface area contributed by atoms with Gasteiger partial charge in [0.05, 0.1) is 12.7 Å². The maximum Gasteiger partial charge on any atom is 0.337 e. The third kappa shape index (κ3) is 5.79. The second-order valence-corrected chi connectivity index (χ2v) is 4.55. The van der Waals surface area contributed by atoms with E-state index in [4.69, 9.17) is 4.74 Å². The number of methoxy groups -OCH3 is 2. The maximum atomic E-state index is 11.9. The van der Waals surface area contributed by atoms with Crippen LogP contribution in [0.4, 0.5) is 0 Å². The fourth-order valence-electron chi connectivity index (χ4n) is 1.70. The summed E-state index contributed by atoms with van der Waals surface area (Å²) in [6, 6.07) is 6.86. The Morgan fingerprint density at radius 2 is 1.86 bits per heavy atom. The van der Waals surface area contributed by atoms with E-state index in [1.54, 1.807) is 49.4 Å². The molecule has 0 saturated carbocycles. The zero-order chi connectivity index (χ0) is 15.7. The smallest absolute Gasteiger partial charge is 0.337 e. The SMILES string of the molecule is COCCCN(C)C(=O)/C=C/c1ccc(C(=O)OC)cc1. The van der Waals surface area contributed by atoms with Gasteiger partial charge in [0.15, 0.2) is 0 Å². The second kappa shape index (κ2) is 8.92. The van der Waals surface area contributed by atoms with Crippen LogP contribution >= 0.6 is 0 Å². The summed E-state index contributed by atoms with van der Waals surface area (Å²) >= 11 is 0. The summed E-state index contributed by atoms with van der Waals surface area (Å²) in [5, 5.41) is 0. The van der Waals surface area contributed by atoms with Crippen molar-refractivity contribution in [1.29, 1.82) is 0 Å². The van der Waals surface area contributed by atoms with Crippen LogP contribution in [0.5, 0.6) is 0 Å². The molecule has 0 radical (unpaired) electrons. The summed E-state index contributed by atoms with van der Waals surface area (Å²) in [5.41, 5.74) is 1.33. The highest BCUT2D eigenvalue weighted by Gasteiger charge is 2.05. The highest BCUT2D eigenvalue weighted by molar-refractivity contribution is 5.92. The van der Waals surface area contributed by atoms with E-state index in [0.717, 1.165) is 12.0 Å². The molecule has 0 atom stereocenters. The lowest BCUT2D eigenvalue weighted by atomic mass is 10.1. The van der Waals surface area contributed by atoms with Crippen molar-refractivity contribution >= 4 is 18.0 Å². The summed E-state index contributed by atoms with van der Waals surface area (Å²) in [4.78, 5) is 24.8. The number of esters is 1. The first-order chi connectivity index (χ1) is 10.1. The van der Waals surface area contributed by atoms with Crippen molar-refractivity contribution in [3.8, 4) is 0 Å². The van der Waals surface area contributed by atoms with E-state index in [0.29, 0.717) is 18.7 Å². The molecular formula is C16H21NO4. The van der Waals surface area contributed by atoms with Gasteiger partial charge in [0.2, 0.25) is 5.91 Å². The summed E-state index contributed by atoms with van der Waals surface area (Å²) in [7, 11) is 4.73. The molecule has 1 aromatic carbocycles. The normalized spacial score (nSPS) is 10.6. The summed E-state index contributed by atoms with van der Waals surface area (Å²) < 4.78 is 9.57. The first kappa shape index (κ1) is 16.9. The molecule has 0 spiro atoms. The highest BCUT2D eigenvalue weighted by Crippen LogP contribution is 2.07. The molecule has 0 fully saturated rings. The standard InChI is InChI=1S/C16H21NO4/c1-17(11-4-12-20-2)15(18)10-7-13-5-8-14(9-6-13)16(19)21-3/h5-10H,4,11-12H2,1-3H3/b10-7+. The van der Waals surface area contributed by atoms with Crippen LogP contribution in [-0.4, -0.2) is 51.2 Å². The molecule has 0 aliphatic carbocycles. The number of carbonyl (C=O) groups excluding carboxylic acids is 2. The molecule has 1 amide bonds. The molecule has 0 bridgehead atoms. The summed E-state index contributed by atoms with van der Waals surface area (Å²) in [6.07, 6.45) is 4.04. The van der Waals surface area contributed by atoms with Crippen molar-refractivity contribution in [2.75, 3.05) is 34.4 Å². The van der Waals surface area contributed by atoms with E-state index >= 15 is 0 Å². The van der Waals surface area contributed by atoms with Gasteiger partial charge in [-0.3, -0.25) is 4.79 Å². The largest absolute Gasteiger partial charge is 0.465 e. The Morgan fingerprint density at radius 3 is 2.43 bits per heavy atom. The van der Waals surface area contributed by atoms with Crippen LogP contribution in [-0.2, 0) is 14.3 Å². The number of nitrogens with zero attached hydrogens (tertiary/aromatic N) is 1. The van der Waals surface area contributed by atoms with Gasteiger partial charge in [-0.1, -0.05) is 12.1 Å². The molecule has 0 N–H and O–H groups in total. The Hall–Kier alpha value is -2.14. The van der Waals surface area contributed by atoms with E-state index in [-0.39, 0.29) is 11.9 Å². The van der Waals surface area contributed by atoms with E-state index in [1.807, 2.05) is 0 Å². The summed E-state index contributed by atoms with van der Waals surface area (Å²) in [5.74, 6) is -0.442. The maximum absolute atomic E-state index is 11.9. The Bertz CT molecular complexity index is 494. The van der Waals surface area contributed by atoms with Crippen LogP contribution in [0.1, 0.15) is 22.3 Å². The molecule has 0 unspecified atom stereocenters. The van der Waals surface area contributed by atoms with E-state index in [1.165, 1.54) is 13.2 Å². The number of hydrogen-bond acceptors (Lipinski definition) is 4. The number of likely N-dealkylation sites (N-methyl/N-ethyl adjacent to an activating group) is 1. The minimum absolute atomic E-state index is 0.0665. The van der Waals surface area contributed by atoms with Crippen molar-refractivity contribution in [2.45, 2.75) is 6.42 Å². The lowest BCUT2D eigenvalue weighted by molar-refractivity contribution is -0.124. The first-order valence-electron chi connectivity index (χ1n) is 6.69. The van der Waals surface area contributed by atoms with Gasteiger partial charge < -0.3 is 14.4 Å². The molecule has 1 rings (SSSR count). The molecule has 0 aliphatic rings. The Kier molecular flexibility index (Phi) is 7.18. The lowest BCUT2D eigenvalue weighted by Gasteiger charge is -2.14. The molecule has 0 aliphatic heterocycles. The first-order valence-corrected chi connectivity index (χ1v) is 6.69. The lowest BCUT2D eigenvalue weighted by Crippen LogP contribution is -2.26. The van der Waals surface area contributed by atoms with Crippen molar-refractivity contribution < 1.29 is 19.1 Å². The van der Waals surface area contributed by atoms with Crippen LogP contribution < -0.4 is 0 Å². The van der Waals surface area contributed by atoms with Crippen molar-refractivity contribution in [2.24, 2.45) is 0 Å². The average molecular weight is 291 g/mol. The zero-order valence-corrected chi connectivity index (χ0v) is 12.7. The molecule has 1 aromatic rings. The molecule has 5 heteroatoms. The van der Waals surface area contributed by atoms with E-state index in [2.05, 4.69) is 4.74 Å². The molecule has 0 heterocycles. The van der Waals surface area contributed by atoms with Gasteiger partial charge in [-0.15, -0.1) is 0 Å². The third-order valence-corrected chi connectivity index (χ3v) is 2.97. The minimum atomic E-state index is -0.375. The highest BCUT2D eigenvalue weighted by atomic mass is 16.5. The molecule has 21 heavy (non-hydrogen) atoms. The van der Waals surface area contributed by atoms with Crippen LogP contribution in [0, 0.1) is 0 Å². The number of benzene rings is 1. The predicted molar refractivity (Wildman–Crippen MR) is 80.9 cm³/mol. The predicted octanol–water partition coefficient (Wildman–Crippen LogP) is 1.98. The number of ether oxygens (including phenoxy) is 2. The zero-order valence-electron chi connectivity index (χ0n) is 12.7. The third-order valence-electron chi connectivity index (χ3n) is 2.97. The van der Waals surface area contributed by atoms with Gasteiger partial charge >= 0.3 is 5.97 Å². The number of carbonyl (C=O) groups is 2. The van der Waals surface area contributed by atoms with Gasteiger partial charge in [-0.25, -0.2) is 4.79 Å². The molecule has 0 aromatic heterocycles. The second-order valence-electron chi connectivity index (χ2n) is 4.55. The number of rotatable bonds is 7. The fraction of sp³-hybridized carbons (Fsp3) is 0.375. The van der Waals surface area contributed by atoms with Gasteiger partial charge in [-0.05, 0) is 30.2 Å². The van der Waals surface area contributed by atoms with E-state index in [9.17, 15) is 9.59 Å². The van der Waals surface area contributed by atoms with Crippen LogP contribution in [0.3, 0.4) is 0 Å². The van der Waals surface area contributed by atoms with Gasteiger partial charge in [-0.2, -0.15) is 0 Å². The minimum Gasteiger partial charge on any atom is -0.465 e. The van der Waals surface area contributed by atoms with Gasteiger partial charge in [0, 0.05) is 33.4 Å². The van der Waals surface area contributed by atoms with Crippen molar-refractivity contribution in [3.05, 3.63) is 41.5 Å². The van der Waals surface area contributed by atoms with Gasteiger partial charge in [0.1, 0.15) is 0 Å². The van der Waals surface area contributed by atoms with Gasteiger partial charge in [0.25, 0.3) is 0 Å². The van der Waals surface area contributed by atoms with Crippen molar-refractivity contribution in [1.82, 2.24) is 4.90 Å². The molecule has 0 saturated heterocycles. The Labute approximate surface area is 125 Å². The number of hydrogen-bond donors (Lipinski definition) is 0. The fourth-order valence-corrected chi connectivity index (χ4v) is 1.70. The monoisotopic (exact) mass is 291 g/mol.